The summed E-state index contributed by atoms with van der Waals surface area (Å²) < 4.78 is 7.47. The van der Waals surface area contributed by atoms with Crippen LogP contribution in [0, 0.1) is 0 Å². The van der Waals surface area contributed by atoms with Crippen LogP contribution in [0.1, 0.15) is 64.2 Å². The van der Waals surface area contributed by atoms with E-state index in [-0.39, 0.29) is 5.91 Å². The molecule has 0 spiro atoms. The first kappa shape index (κ1) is 21.2. The molecule has 6 nitrogen and oxygen atoms in total. The average Bonchev–Trinajstić information content (AvgIpc) is 3.44. The van der Waals surface area contributed by atoms with Crippen molar-refractivity contribution in [1.29, 1.82) is 0 Å². The highest BCUT2D eigenvalue weighted by molar-refractivity contribution is 7.99. The van der Waals surface area contributed by atoms with Gasteiger partial charge in [0.05, 0.1) is 12.0 Å². The number of carbonyl (C=O) groups is 1. The lowest BCUT2D eigenvalue weighted by atomic mass is 9.88. The molecule has 162 valence electrons. The molecule has 0 radical (unpaired) electrons. The SMILES string of the molecule is C=CCn1c(SCC(=O)N(C2CCCCC2)C2CCCCC2)nnc1-c1ccco1. The fourth-order valence-corrected chi connectivity index (χ4v) is 5.72. The van der Waals surface area contributed by atoms with Crippen LogP contribution in [0.3, 0.4) is 0 Å². The third-order valence-corrected chi connectivity index (χ3v) is 7.27. The van der Waals surface area contributed by atoms with E-state index in [1.165, 1.54) is 50.3 Å². The van der Waals surface area contributed by atoms with Gasteiger partial charge in [-0.05, 0) is 37.8 Å². The van der Waals surface area contributed by atoms with E-state index in [1.807, 2.05) is 22.8 Å². The van der Waals surface area contributed by atoms with Crippen LogP contribution >= 0.6 is 11.8 Å². The van der Waals surface area contributed by atoms with E-state index in [1.54, 1.807) is 6.26 Å². The Morgan fingerprint density at radius 2 is 1.80 bits per heavy atom. The van der Waals surface area contributed by atoms with Gasteiger partial charge in [0, 0.05) is 18.6 Å². The first-order chi connectivity index (χ1) is 14.8. The highest BCUT2D eigenvalue weighted by Crippen LogP contribution is 2.32. The fourth-order valence-electron chi connectivity index (χ4n) is 4.90. The Morgan fingerprint density at radius 1 is 1.13 bits per heavy atom. The van der Waals surface area contributed by atoms with Crippen LogP contribution in [-0.4, -0.2) is 43.4 Å². The molecule has 1 amide bonds. The van der Waals surface area contributed by atoms with Gasteiger partial charge in [-0.1, -0.05) is 56.4 Å². The molecule has 2 aromatic rings. The number of carbonyl (C=O) groups excluding carboxylic acids is 1. The van der Waals surface area contributed by atoms with E-state index < -0.39 is 0 Å². The number of amides is 1. The monoisotopic (exact) mass is 428 g/mol. The molecule has 0 aromatic carbocycles. The lowest BCUT2D eigenvalue weighted by Crippen LogP contribution is -2.49. The van der Waals surface area contributed by atoms with Crippen LogP contribution in [0.15, 0.2) is 40.6 Å². The van der Waals surface area contributed by atoms with Crippen molar-refractivity contribution in [2.75, 3.05) is 5.75 Å². The van der Waals surface area contributed by atoms with Gasteiger partial charge in [-0.3, -0.25) is 9.36 Å². The van der Waals surface area contributed by atoms with Crippen LogP contribution in [0.25, 0.3) is 11.6 Å². The molecule has 2 aliphatic carbocycles. The molecule has 0 N–H and O–H groups in total. The van der Waals surface area contributed by atoms with Crippen molar-refractivity contribution < 1.29 is 9.21 Å². The van der Waals surface area contributed by atoms with Gasteiger partial charge in [0.2, 0.25) is 11.7 Å². The second kappa shape index (κ2) is 10.3. The van der Waals surface area contributed by atoms with Crippen molar-refractivity contribution in [3.8, 4) is 11.6 Å². The standard InChI is InChI=1S/C23H32N4O2S/c1-2-15-26-22(20-14-9-16-29-20)24-25-23(26)30-17-21(28)27(18-10-5-3-6-11-18)19-12-7-4-8-13-19/h2,9,14,16,18-19H,1,3-8,10-13,15,17H2. The largest absolute Gasteiger partial charge is 0.461 e. The summed E-state index contributed by atoms with van der Waals surface area (Å²) in [5.74, 6) is 2.01. The smallest absolute Gasteiger partial charge is 0.233 e. The van der Waals surface area contributed by atoms with E-state index in [9.17, 15) is 4.79 Å². The highest BCUT2D eigenvalue weighted by Gasteiger charge is 2.32. The van der Waals surface area contributed by atoms with Crippen molar-refractivity contribution in [3.63, 3.8) is 0 Å². The number of hydrogen-bond donors (Lipinski definition) is 0. The highest BCUT2D eigenvalue weighted by atomic mass is 32.2. The van der Waals surface area contributed by atoms with Crippen LogP contribution in [0.4, 0.5) is 0 Å². The maximum absolute atomic E-state index is 13.4. The minimum absolute atomic E-state index is 0.256. The van der Waals surface area contributed by atoms with Crippen LogP contribution in [0.5, 0.6) is 0 Å². The number of thioether (sulfide) groups is 1. The molecule has 30 heavy (non-hydrogen) atoms. The summed E-state index contributed by atoms with van der Waals surface area (Å²) in [5.41, 5.74) is 0. The van der Waals surface area contributed by atoms with Gasteiger partial charge in [0.25, 0.3) is 0 Å². The molecular formula is C23H32N4O2S. The Bertz CT molecular complexity index is 802. The van der Waals surface area contributed by atoms with E-state index in [0.29, 0.717) is 36.0 Å². The second-order valence-corrected chi connectivity index (χ2v) is 9.30. The van der Waals surface area contributed by atoms with Crippen molar-refractivity contribution in [1.82, 2.24) is 19.7 Å². The van der Waals surface area contributed by atoms with E-state index in [2.05, 4.69) is 21.7 Å². The Hall–Kier alpha value is -2.02. The Morgan fingerprint density at radius 3 is 2.37 bits per heavy atom. The van der Waals surface area contributed by atoms with Gasteiger partial charge in [-0.15, -0.1) is 16.8 Å². The molecule has 2 heterocycles. The van der Waals surface area contributed by atoms with Crippen LogP contribution in [0.2, 0.25) is 0 Å². The number of allylic oxidation sites excluding steroid dienone is 1. The average molecular weight is 429 g/mol. The normalized spacial score (nSPS) is 18.4. The Kier molecular flexibility index (Phi) is 7.31. The minimum atomic E-state index is 0.256. The predicted octanol–water partition coefficient (Wildman–Crippen LogP) is 5.31. The number of aromatic nitrogens is 3. The zero-order chi connectivity index (χ0) is 20.8. The summed E-state index contributed by atoms with van der Waals surface area (Å²) in [7, 11) is 0. The topological polar surface area (TPSA) is 64.2 Å². The Balaban J connectivity index is 1.48. The zero-order valence-electron chi connectivity index (χ0n) is 17.7. The minimum Gasteiger partial charge on any atom is -0.461 e. The van der Waals surface area contributed by atoms with E-state index >= 15 is 0 Å². The van der Waals surface area contributed by atoms with Crippen molar-refractivity contribution in [3.05, 3.63) is 31.1 Å². The summed E-state index contributed by atoms with van der Waals surface area (Å²) in [6, 6.07) is 4.54. The third-order valence-electron chi connectivity index (χ3n) is 6.32. The molecule has 0 atom stereocenters. The first-order valence-electron chi connectivity index (χ1n) is 11.3. The molecule has 2 aliphatic rings. The maximum atomic E-state index is 13.4. The molecule has 4 rings (SSSR count). The molecule has 0 unspecified atom stereocenters. The fraction of sp³-hybridized carbons (Fsp3) is 0.609. The van der Waals surface area contributed by atoms with Gasteiger partial charge in [0.15, 0.2) is 10.9 Å². The number of rotatable bonds is 8. The van der Waals surface area contributed by atoms with Crippen molar-refractivity contribution in [2.45, 2.75) is 88.0 Å². The summed E-state index contributed by atoms with van der Waals surface area (Å²) in [6.45, 7) is 4.43. The van der Waals surface area contributed by atoms with Gasteiger partial charge in [0.1, 0.15) is 0 Å². The molecule has 2 fully saturated rings. The van der Waals surface area contributed by atoms with Crippen LogP contribution < -0.4 is 0 Å². The molecule has 0 aliphatic heterocycles. The van der Waals surface area contributed by atoms with Gasteiger partial charge in [-0.25, -0.2) is 0 Å². The summed E-state index contributed by atoms with van der Waals surface area (Å²) in [6.07, 6.45) is 15.7. The number of hydrogen-bond acceptors (Lipinski definition) is 5. The van der Waals surface area contributed by atoms with Crippen molar-refractivity contribution in [2.24, 2.45) is 0 Å². The van der Waals surface area contributed by atoms with E-state index in [4.69, 9.17) is 4.42 Å². The molecule has 2 aromatic heterocycles. The lowest BCUT2D eigenvalue weighted by Gasteiger charge is -2.41. The number of nitrogens with zero attached hydrogens (tertiary/aromatic N) is 4. The van der Waals surface area contributed by atoms with Crippen LogP contribution in [-0.2, 0) is 11.3 Å². The zero-order valence-corrected chi connectivity index (χ0v) is 18.5. The molecule has 0 saturated heterocycles. The number of furan rings is 1. The van der Waals surface area contributed by atoms with Gasteiger partial charge < -0.3 is 9.32 Å². The molecule has 7 heteroatoms. The van der Waals surface area contributed by atoms with Gasteiger partial charge in [-0.2, -0.15) is 0 Å². The lowest BCUT2D eigenvalue weighted by molar-refractivity contribution is -0.135. The molecule has 0 bridgehead atoms. The Labute approximate surface area is 183 Å². The van der Waals surface area contributed by atoms with Gasteiger partial charge >= 0.3 is 0 Å². The van der Waals surface area contributed by atoms with E-state index in [0.717, 1.165) is 30.8 Å². The molecule has 2 saturated carbocycles. The second-order valence-electron chi connectivity index (χ2n) is 8.36. The maximum Gasteiger partial charge on any atom is 0.233 e. The molecular weight excluding hydrogens is 396 g/mol. The summed E-state index contributed by atoms with van der Waals surface area (Å²) in [5, 5.41) is 9.39. The predicted molar refractivity (Wildman–Crippen MR) is 119 cm³/mol. The van der Waals surface area contributed by atoms with Crippen molar-refractivity contribution >= 4 is 17.7 Å². The first-order valence-corrected chi connectivity index (χ1v) is 12.3. The summed E-state index contributed by atoms with van der Waals surface area (Å²) >= 11 is 1.48. The quantitative estimate of drug-likeness (QED) is 0.421. The third kappa shape index (κ3) is 4.82. The summed E-state index contributed by atoms with van der Waals surface area (Å²) in [4.78, 5) is 15.7.